The van der Waals surface area contributed by atoms with Gasteiger partial charge in [-0.15, -0.1) is 0 Å². The van der Waals surface area contributed by atoms with Crippen LogP contribution < -0.4 is 10.7 Å². The number of rotatable bonds is 6. The fourth-order valence-corrected chi connectivity index (χ4v) is 4.55. The molecule has 3 aromatic rings. The average Bonchev–Trinajstić information content (AvgIpc) is 3.44. The van der Waals surface area contributed by atoms with Gasteiger partial charge < -0.3 is 9.97 Å². The molecule has 0 unspecified atom stereocenters. The van der Waals surface area contributed by atoms with Gasteiger partial charge in [-0.05, 0) is 104 Å². The van der Waals surface area contributed by atoms with E-state index in [1.165, 1.54) is 33.5 Å². The third-order valence-electron chi connectivity index (χ3n) is 6.67. The highest BCUT2D eigenvalue weighted by Gasteiger charge is 2.20. The second kappa shape index (κ2) is 9.62. The molecule has 1 aliphatic rings. The van der Waals surface area contributed by atoms with Crippen molar-refractivity contribution in [2.24, 2.45) is 4.99 Å². The molecule has 0 saturated heterocycles. The van der Waals surface area contributed by atoms with Gasteiger partial charge in [-0.1, -0.05) is 26.8 Å². The Morgan fingerprint density at radius 1 is 0.848 bits per heavy atom. The number of hydrogen-bond donors (Lipinski definition) is 2. The third kappa shape index (κ3) is 4.56. The lowest BCUT2D eigenvalue weighted by atomic mass is 9.99. The van der Waals surface area contributed by atoms with E-state index in [9.17, 15) is 0 Å². The van der Waals surface area contributed by atoms with Crippen LogP contribution in [0.3, 0.4) is 0 Å². The lowest BCUT2D eigenvalue weighted by Crippen LogP contribution is -2.13. The van der Waals surface area contributed by atoms with E-state index < -0.39 is 0 Å². The van der Waals surface area contributed by atoms with Crippen LogP contribution in [0.5, 0.6) is 0 Å². The summed E-state index contributed by atoms with van der Waals surface area (Å²) in [6.45, 7) is 13.1. The summed E-state index contributed by atoms with van der Waals surface area (Å²) in [6.07, 6.45) is 11.3. The Kier molecular flexibility index (Phi) is 6.64. The van der Waals surface area contributed by atoms with Crippen LogP contribution in [-0.2, 0) is 6.42 Å². The Morgan fingerprint density at radius 3 is 2.24 bits per heavy atom. The van der Waals surface area contributed by atoms with Crippen molar-refractivity contribution in [3.8, 4) is 0 Å². The topological polar surface area (TPSA) is 56.8 Å². The minimum Gasteiger partial charge on any atom is -0.359 e. The quantitative estimate of drug-likeness (QED) is 0.528. The Hall–Kier alpha value is -3.40. The summed E-state index contributed by atoms with van der Waals surface area (Å²) in [7, 11) is 0. The first kappa shape index (κ1) is 22.8. The van der Waals surface area contributed by atoms with E-state index in [0.29, 0.717) is 0 Å². The molecule has 4 heteroatoms. The number of aromatic amines is 2. The minimum absolute atomic E-state index is 0.957. The largest absolute Gasteiger partial charge is 0.359 e. The molecule has 2 N–H and O–H groups in total. The standard InChI is InChI=1S/C29H34N4/c1-7-21-14-23(32-27(21)15-22-12-10-11-13-30-22)16-28-24(8-2)25(9-3)29(33-28)17-26-19(5)18(4)20(6)31-26/h10-17,31-32H,7-9H2,1-6H3. The average molecular weight is 439 g/mol. The van der Waals surface area contributed by atoms with Crippen LogP contribution in [0.1, 0.15) is 67.4 Å². The van der Waals surface area contributed by atoms with Crippen LogP contribution in [0, 0.1) is 20.8 Å². The molecule has 0 fully saturated rings. The Bertz CT molecular complexity index is 1380. The zero-order valence-electron chi connectivity index (χ0n) is 20.6. The maximum Gasteiger partial charge on any atom is 0.0693 e. The minimum atomic E-state index is 0.957. The predicted molar refractivity (Wildman–Crippen MR) is 140 cm³/mol. The predicted octanol–water partition coefficient (Wildman–Crippen LogP) is 5.45. The molecule has 0 bridgehead atoms. The number of aliphatic imine (C=N–C) groups is 1. The van der Waals surface area contributed by atoms with Gasteiger partial charge in [0.25, 0.3) is 0 Å². The molecule has 0 aliphatic carbocycles. The van der Waals surface area contributed by atoms with Gasteiger partial charge in [0.2, 0.25) is 0 Å². The summed E-state index contributed by atoms with van der Waals surface area (Å²) in [5.41, 5.74) is 12.1. The Morgan fingerprint density at radius 2 is 1.64 bits per heavy atom. The number of hydrogen-bond acceptors (Lipinski definition) is 2. The summed E-state index contributed by atoms with van der Waals surface area (Å²) in [6, 6.07) is 8.22. The number of pyridine rings is 1. The van der Waals surface area contributed by atoms with Gasteiger partial charge in [0.15, 0.2) is 0 Å². The lowest BCUT2D eigenvalue weighted by molar-refractivity contribution is 1.06. The Balaban J connectivity index is 1.81. The first-order chi connectivity index (χ1) is 15.9. The van der Waals surface area contributed by atoms with Gasteiger partial charge >= 0.3 is 0 Å². The van der Waals surface area contributed by atoms with Gasteiger partial charge in [0.05, 0.1) is 17.1 Å². The second-order valence-electron chi connectivity index (χ2n) is 8.66. The molecule has 0 aromatic carbocycles. The molecular formula is C29H34N4. The molecular weight excluding hydrogens is 404 g/mol. The monoisotopic (exact) mass is 438 g/mol. The first-order valence-corrected chi connectivity index (χ1v) is 12.0. The van der Waals surface area contributed by atoms with E-state index in [1.54, 1.807) is 0 Å². The molecule has 33 heavy (non-hydrogen) atoms. The summed E-state index contributed by atoms with van der Waals surface area (Å²) >= 11 is 0. The van der Waals surface area contributed by atoms with Gasteiger partial charge in [0.1, 0.15) is 0 Å². The van der Waals surface area contributed by atoms with E-state index in [2.05, 4.69) is 80.8 Å². The summed E-state index contributed by atoms with van der Waals surface area (Å²) < 4.78 is 0. The number of allylic oxidation sites excluding steroid dienone is 2. The third-order valence-corrected chi connectivity index (χ3v) is 6.67. The number of aromatic nitrogens is 3. The van der Waals surface area contributed by atoms with Crippen LogP contribution in [0.4, 0.5) is 0 Å². The highest BCUT2D eigenvalue weighted by molar-refractivity contribution is 6.23. The van der Waals surface area contributed by atoms with Crippen molar-refractivity contribution in [3.63, 3.8) is 0 Å². The number of aryl methyl sites for hydroxylation is 2. The van der Waals surface area contributed by atoms with Crippen molar-refractivity contribution in [1.29, 1.82) is 0 Å². The van der Waals surface area contributed by atoms with E-state index in [4.69, 9.17) is 4.99 Å². The molecule has 0 spiro atoms. The zero-order chi connectivity index (χ0) is 23.5. The van der Waals surface area contributed by atoms with Crippen LogP contribution in [0.15, 0.2) is 52.3 Å². The van der Waals surface area contributed by atoms with Gasteiger partial charge in [-0.2, -0.15) is 0 Å². The van der Waals surface area contributed by atoms with Crippen molar-refractivity contribution in [3.05, 3.63) is 91.8 Å². The molecule has 170 valence electrons. The first-order valence-electron chi connectivity index (χ1n) is 12.0. The molecule has 4 nitrogen and oxygen atoms in total. The molecule has 1 aliphatic heterocycles. The van der Waals surface area contributed by atoms with Crippen LogP contribution in [-0.4, -0.2) is 20.7 Å². The van der Waals surface area contributed by atoms with Crippen LogP contribution >= 0.6 is 0 Å². The van der Waals surface area contributed by atoms with Crippen molar-refractivity contribution in [2.45, 2.75) is 60.8 Å². The van der Waals surface area contributed by atoms with Gasteiger partial charge in [-0.25, -0.2) is 4.99 Å². The van der Waals surface area contributed by atoms with Gasteiger partial charge in [-0.3, -0.25) is 4.98 Å². The number of nitrogens with zero attached hydrogens (tertiary/aromatic N) is 2. The highest BCUT2D eigenvalue weighted by Crippen LogP contribution is 2.32. The molecule has 0 radical (unpaired) electrons. The number of nitrogens with one attached hydrogen (secondary N) is 2. The van der Waals surface area contributed by atoms with Crippen LogP contribution in [0.25, 0.3) is 18.2 Å². The Labute approximate surface area is 196 Å². The number of H-pyrrole nitrogens is 2. The normalized spacial score (nSPS) is 16.4. The second-order valence-corrected chi connectivity index (χ2v) is 8.66. The smallest absolute Gasteiger partial charge is 0.0693 e. The summed E-state index contributed by atoms with van der Waals surface area (Å²) in [4.78, 5) is 16.7. The fourth-order valence-electron chi connectivity index (χ4n) is 4.55. The van der Waals surface area contributed by atoms with Crippen molar-refractivity contribution >= 4 is 23.9 Å². The molecule has 4 rings (SSSR count). The summed E-state index contributed by atoms with van der Waals surface area (Å²) in [5.74, 6) is 0. The van der Waals surface area contributed by atoms with E-state index in [-0.39, 0.29) is 0 Å². The zero-order valence-corrected chi connectivity index (χ0v) is 20.6. The lowest BCUT2D eigenvalue weighted by Gasteiger charge is -2.04. The SMILES string of the molecule is CCC1=C(CC)C(C=c2cc(CC)c(=Cc3ccccn3)[nH]2)=NC1=Cc1[nH]c(C)c(C)c1C. The van der Waals surface area contributed by atoms with Gasteiger partial charge in [0, 0.05) is 28.3 Å². The molecule has 3 aromatic heterocycles. The van der Waals surface area contributed by atoms with E-state index >= 15 is 0 Å². The highest BCUT2D eigenvalue weighted by atomic mass is 14.8. The van der Waals surface area contributed by atoms with E-state index in [1.807, 2.05) is 24.4 Å². The van der Waals surface area contributed by atoms with Crippen molar-refractivity contribution in [2.75, 3.05) is 0 Å². The molecule has 0 amide bonds. The van der Waals surface area contributed by atoms with Crippen molar-refractivity contribution < 1.29 is 0 Å². The van der Waals surface area contributed by atoms with E-state index in [0.717, 1.165) is 52.8 Å². The van der Waals surface area contributed by atoms with Crippen molar-refractivity contribution in [1.82, 2.24) is 15.0 Å². The van der Waals surface area contributed by atoms with Crippen LogP contribution in [0.2, 0.25) is 0 Å². The summed E-state index contributed by atoms with van der Waals surface area (Å²) in [5, 5.41) is 2.20. The fraction of sp³-hybridized carbons (Fsp3) is 0.310. The molecule has 0 atom stereocenters. The maximum absolute atomic E-state index is 5.10. The molecule has 0 saturated carbocycles. The molecule has 4 heterocycles. The maximum atomic E-state index is 5.10.